The molecule has 0 aromatic heterocycles. The zero-order valence-electron chi connectivity index (χ0n) is 12.2. The summed E-state index contributed by atoms with van der Waals surface area (Å²) in [5.74, 6) is 0. The smallest absolute Gasteiger partial charge is 0.119 e. The third kappa shape index (κ3) is 2.46. The summed E-state index contributed by atoms with van der Waals surface area (Å²) >= 11 is 0. The second-order valence-corrected chi connectivity index (χ2v) is 7.86. The molecule has 2 saturated carbocycles. The van der Waals surface area contributed by atoms with Crippen LogP contribution < -0.4 is 5.32 Å². The maximum Gasteiger partial charge on any atom is 0.119 e. The first-order valence-corrected chi connectivity index (χ1v) is 7.92. The van der Waals surface area contributed by atoms with Crippen molar-refractivity contribution in [2.24, 2.45) is 10.8 Å². The van der Waals surface area contributed by atoms with E-state index in [1.54, 1.807) is 0 Å². The lowest BCUT2D eigenvalue weighted by atomic mass is 9.70. The summed E-state index contributed by atoms with van der Waals surface area (Å²) in [5.41, 5.74) is 1.05. The SMILES string of the molecule is CC1(C)CCC2(CC1)NCC1(CCCCC1)CO2. The molecular formula is C16H29NO. The van der Waals surface area contributed by atoms with Gasteiger partial charge in [-0.1, -0.05) is 33.1 Å². The predicted octanol–water partition coefficient (Wildman–Crippen LogP) is 3.85. The monoisotopic (exact) mass is 251 g/mol. The first-order valence-electron chi connectivity index (χ1n) is 7.92. The summed E-state index contributed by atoms with van der Waals surface area (Å²) in [6.45, 7) is 7.00. The largest absolute Gasteiger partial charge is 0.360 e. The Hall–Kier alpha value is -0.0800. The van der Waals surface area contributed by atoms with Crippen molar-refractivity contribution in [3.63, 3.8) is 0 Å². The highest BCUT2D eigenvalue weighted by molar-refractivity contribution is 4.96. The summed E-state index contributed by atoms with van der Waals surface area (Å²) in [6, 6.07) is 0. The van der Waals surface area contributed by atoms with Crippen molar-refractivity contribution in [2.75, 3.05) is 13.2 Å². The van der Waals surface area contributed by atoms with E-state index in [9.17, 15) is 0 Å². The molecule has 0 atom stereocenters. The van der Waals surface area contributed by atoms with Gasteiger partial charge in [0.15, 0.2) is 0 Å². The summed E-state index contributed by atoms with van der Waals surface area (Å²) in [4.78, 5) is 0. The van der Waals surface area contributed by atoms with E-state index in [1.807, 2.05) is 0 Å². The number of nitrogens with one attached hydrogen (secondary N) is 1. The van der Waals surface area contributed by atoms with Crippen LogP contribution in [0.4, 0.5) is 0 Å². The molecule has 2 aliphatic carbocycles. The van der Waals surface area contributed by atoms with Crippen LogP contribution in [0.2, 0.25) is 0 Å². The minimum atomic E-state index is 0.0399. The second-order valence-electron chi connectivity index (χ2n) is 7.86. The lowest BCUT2D eigenvalue weighted by Gasteiger charge is -2.52. The van der Waals surface area contributed by atoms with Crippen LogP contribution in [0.25, 0.3) is 0 Å². The van der Waals surface area contributed by atoms with Crippen LogP contribution >= 0.6 is 0 Å². The van der Waals surface area contributed by atoms with Crippen LogP contribution in [0, 0.1) is 10.8 Å². The van der Waals surface area contributed by atoms with E-state index in [4.69, 9.17) is 4.74 Å². The molecule has 1 heterocycles. The third-order valence-electron chi connectivity index (χ3n) is 5.77. The predicted molar refractivity (Wildman–Crippen MR) is 74.5 cm³/mol. The fourth-order valence-corrected chi connectivity index (χ4v) is 4.02. The Labute approximate surface area is 112 Å². The van der Waals surface area contributed by atoms with Crippen molar-refractivity contribution in [3.8, 4) is 0 Å². The van der Waals surface area contributed by atoms with Crippen LogP contribution in [-0.2, 0) is 4.74 Å². The number of hydrogen-bond donors (Lipinski definition) is 1. The van der Waals surface area contributed by atoms with Crippen LogP contribution in [0.15, 0.2) is 0 Å². The second kappa shape index (κ2) is 4.49. The molecule has 0 unspecified atom stereocenters. The molecule has 2 spiro atoms. The summed E-state index contributed by atoms with van der Waals surface area (Å²) in [7, 11) is 0. The highest BCUT2D eigenvalue weighted by Crippen LogP contribution is 2.46. The Morgan fingerprint density at radius 1 is 0.833 bits per heavy atom. The van der Waals surface area contributed by atoms with Crippen molar-refractivity contribution in [3.05, 3.63) is 0 Å². The highest BCUT2D eigenvalue weighted by Gasteiger charge is 2.46. The zero-order chi connectivity index (χ0) is 12.7. The van der Waals surface area contributed by atoms with E-state index in [2.05, 4.69) is 19.2 Å². The van der Waals surface area contributed by atoms with Gasteiger partial charge in [0.25, 0.3) is 0 Å². The van der Waals surface area contributed by atoms with Crippen LogP contribution in [0.5, 0.6) is 0 Å². The molecular weight excluding hydrogens is 222 g/mol. The molecule has 1 saturated heterocycles. The Bertz CT molecular complexity index is 282. The molecule has 0 radical (unpaired) electrons. The number of ether oxygens (including phenoxy) is 1. The minimum absolute atomic E-state index is 0.0399. The average molecular weight is 251 g/mol. The molecule has 1 aliphatic heterocycles. The van der Waals surface area contributed by atoms with E-state index in [0.29, 0.717) is 10.8 Å². The summed E-state index contributed by atoms with van der Waals surface area (Å²) in [5, 5.41) is 3.81. The van der Waals surface area contributed by atoms with Gasteiger partial charge in [0.05, 0.1) is 6.61 Å². The van der Waals surface area contributed by atoms with Gasteiger partial charge in [0.2, 0.25) is 0 Å². The first kappa shape index (κ1) is 12.9. The van der Waals surface area contributed by atoms with Gasteiger partial charge < -0.3 is 4.74 Å². The van der Waals surface area contributed by atoms with Crippen molar-refractivity contribution < 1.29 is 4.74 Å². The quantitative estimate of drug-likeness (QED) is 0.706. The highest BCUT2D eigenvalue weighted by atomic mass is 16.5. The minimum Gasteiger partial charge on any atom is -0.360 e. The summed E-state index contributed by atoms with van der Waals surface area (Å²) in [6.07, 6.45) is 12.0. The Balaban J connectivity index is 1.59. The normalized spacial score (nSPS) is 33.7. The molecule has 0 aromatic carbocycles. The maximum absolute atomic E-state index is 6.38. The topological polar surface area (TPSA) is 21.3 Å². The maximum atomic E-state index is 6.38. The van der Waals surface area contributed by atoms with E-state index < -0.39 is 0 Å². The van der Waals surface area contributed by atoms with Gasteiger partial charge in [0.1, 0.15) is 5.72 Å². The van der Waals surface area contributed by atoms with Gasteiger partial charge in [-0.25, -0.2) is 0 Å². The van der Waals surface area contributed by atoms with Gasteiger partial charge in [-0.2, -0.15) is 0 Å². The van der Waals surface area contributed by atoms with Crippen LogP contribution in [-0.4, -0.2) is 18.9 Å². The molecule has 1 N–H and O–H groups in total. The van der Waals surface area contributed by atoms with Crippen LogP contribution in [0.3, 0.4) is 0 Å². The molecule has 0 amide bonds. The van der Waals surface area contributed by atoms with Crippen LogP contribution in [0.1, 0.15) is 71.6 Å². The Kier molecular flexibility index (Phi) is 3.22. The fraction of sp³-hybridized carbons (Fsp3) is 1.00. The van der Waals surface area contributed by atoms with E-state index in [1.165, 1.54) is 64.3 Å². The van der Waals surface area contributed by atoms with Crippen molar-refractivity contribution in [1.82, 2.24) is 5.32 Å². The molecule has 3 rings (SSSR count). The molecule has 3 aliphatic rings. The number of hydrogen-bond acceptors (Lipinski definition) is 2. The lowest BCUT2D eigenvalue weighted by Crippen LogP contribution is -2.61. The van der Waals surface area contributed by atoms with Crippen molar-refractivity contribution >= 4 is 0 Å². The molecule has 3 fully saturated rings. The molecule has 2 nitrogen and oxygen atoms in total. The van der Waals surface area contributed by atoms with E-state index >= 15 is 0 Å². The average Bonchev–Trinajstić information content (AvgIpc) is 2.38. The van der Waals surface area contributed by atoms with Gasteiger partial charge in [0, 0.05) is 12.0 Å². The Morgan fingerprint density at radius 3 is 2.06 bits per heavy atom. The lowest BCUT2D eigenvalue weighted by molar-refractivity contribution is -0.177. The Morgan fingerprint density at radius 2 is 1.50 bits per heavy atom. The van der Waals surface area contributed by atoms with E-state index in [-0.39, 0.29) is 5.72 Å². The van der Waals surface area contributed by atoms with Gasteiger partial charge >= 0.3 is 0 Å². The molecule has 0 aromatic rings. The van der Waals surface area contributed by atoms with Crippen molar-refractivity contribution in [1.29, 1.82) is 0 Å². The van der Waals surface area contributed by atoms with Gasteiger partial charge in [-0.05, 0) is 43.9 Å². The third-order valence-corrected chi connectivity index (χ3v) is 5.77. The molecule has 104 valence electrons. The first-order chi connectivity index (χ1) is 8.54. The van der Waals surface area contributed by atoms with E-state index in [0.717, 1.165) is 6.61 Å². The van der Waals surface area contributed by atoms with Crippen molar-refractivity contribution in [2.45, 2.75) is 77.4 Å². The molecule has 2 heteroatoms. The fourth-order valence-electron chi connectivity index (χ4n) is 4.02. The number of rotatable bonds is 0. The molecule has 0 bridgehead atoms. The summed E-state index contributed by atoms with van der Waals surface area (Å²) < 4.78 is 6.38. The zero-order valence-corrected chi connectivity index (χ0v) is 12.2. The standard InChI is InChI=1S/C16H29NO/c1-14(2)8-10-16(11-9-14)17-12-15(13-18-16)6-4-3-5-7-15/h17H,3-13H2,1-2H3. The van der Waals surface area contributed by atoms with Gasteiger partial charge in [-0.15, -0.1) is 0 Å². The van der Waals surface area contributed by atoms with Gasteiger partial charge in [-0.3, -0.25) is 5.32 Å². The molecule has 18 heavy (non-hydrogen) atoms.